The molecular weight excluding hydrogens is 329 g/mol. The van der Waals surface area contributed by atoms with E-state index < -0.39 is 12.5 Å². The van der Waals surface area contributed by atoms with E-state index in [-0.39, 0.29) is 33.0 Å². The smallest absolute Gasteiger partial charge is 0.387 e. The van der Waals surface area contributed by atoms with E-state index in [9.17, 15) is 13.6 Å². The molecule has 10 heteroatoms. The van der Waals surface area contributed by atoms with Gasteiger partial charge < -0.3 is 15.8 Å². The molecule has 1 amide bonds. The molecule has 1 aromatic heterocycles. The number of benzene rings is 1. The molecule has 0 bridgehead atoms. The van der Waals surface area contributed by atoms with Gasteiger partial charge in [-0.1, -0.05) is 23.2 Å². The summed E-state index contributed by atoms with van der Waals surface area (Å²) in [6, 6.07) is 3.78. The van der Waals surface area contributed by atoms with Crippen molar-refractivity contribution in [3.63, 3.8) is 0 Å². The summed E-state index contributed by atoms with van der Waals surface area (Å²) >= 11 is 11.6. The van der Waals surface area contributed by atoms with Crippen LogP contribution >= 0.6 is 23.2 Å². The summed E-state index contributed by atoms with van der Waals surface area (Å²) in [5, 5.41) is 8.14. The average molecular weight is 337 g/mol. The van der Waals surface area contributed by atoms with E-state index in [0.717, 1.165) is 0 Å². The molecule has 0 radical (unpaired) electrons. The molecule has 0 aliphatic rings. The Morgan fingerprint density at radius 3 is 2.43 bits per heavy atom. The van der Waals surface area contributed by atoms with E-state index >= 15 is 0 Å². The summed E-state index contributed by atoms with van der Waals surface area (Å²) < 4.78 is 28.5. The summed E-state index contributed by atoms with van der Waals surface area (Å²) in [5.41, 5.74) is 5.69. The maximum Gasteiger partial charge on any atom is 0.387 e. The number of nitrogen functional groups attached to an aromatic ring is 1. The molecule has 0 spiro atoms. The quantitative estimate of drug-likeness (QED) is 0.799. The Balaban J connectivity index is 2.20. The maximum absolute atomic E-state index is 12.2. The molecule has 0 saturated heterocycles. The van der Waals surface area contributed by atoms with Crippen LogP contribution in [0.5, 0.6) is 5.75 Å². The molecule has 0 saturated carbocycles. The first-order valence-electron chi connectivity index (χ1n) is 5.43. The fourth-order valence-corrected chi connectivity index (χ4v) is 2.06. The largest absolute Gasteiger partial charge is 0.432 e. The lowest BCUT2D eigenvalue weighted by Gasteiger charge is -2.11. The molecule has 6 nitrogen and oxygen atoms in total. The van der Waals surface area contributed by atoms with Gasteiger partial charge >= 0.3 is 6.61 Å². The first-order valence-corrected chi connectivity index (χ1v) is 6.18. The van der Waals surface area contributed by atoms with Gasteiger partial charge in [-0.25, -0.2) is 0 Å². The highest BCUT2D eigenvalue weighted by Gasteiger charge is 2.16. The van der Waals surface area contributed by atoms with Crippen LogP contribution in [0, 0.1) is 0 Å². The second-order valence-electron chi connectivity index (χ2n) is 3.81. The Bertz CT molecular complexity index is 655. The van der Waals surface area contributed by atoms with Crippen molar-refractivity contribution in [1.29, 1.82) is 0 Å². The van der Waals surface area contributed by atoms with Gasteiger partial charge in [0.05, 0.1) is 10.0 Å². The van der Waals surface area contributed by atoms with E-state index in [4.69, 9.17) is 28.9 Å². The number of halogens is 4. The molecule has 0 aliphatic heterocycles. The van der Waals surface area contributed by atoms with Crippen molar-refractivity contribution in [2.24, 2.45) is 0 Å². The number of amides is 1. The number of aromatic nitrogens is 2. The van der Waals surface area contributed by atoms with Gasteiger partial charge in [0.1, 0.15) is 11.5 Å². The summed E-state index contributed by atoms with van der Waals surface area (Å²) in [7, 11) is 0. The Morgan fingerprint density at radius 1 is 1.33 bits per heavy atom. The van der Waals surface area contributed by atoms with Crippen LogP contribution < -0.4 is 15.8 Å². The Kier molecular flexibility index (Phi) is 4.49. The fourth-order valence-electron chi connectivity index (χ4n) is 1.49. The van der Waals surface area contributed by atoms with Crippen molar-refractivity contribution < 1.29 is 18.3 Å². The third-order valence-corrected chi connectivity index (χ3v) is 2.87. The molecule has 0 atom stereocenters. The first kappa shape index (κ1) is 15.3. The third kappa shape index (κ3) is 3.73. The number of carbonyl (C=O) groups excluding carboxylic acids is 1. The summed E-state index contributed by atoms with van der Waals surface area (Å²) in [5.74, 6) is -0.761. The highest BCUT2D eigenvalue weighted by atomic mass is 35.5. The molecule has 2 rings (SSSR count). The summed E-state index contributed by atoms with van der Waals surface area (Å²) in [4.78, 5) is 11.8. The minimum Gasteiger partial charge on any atom is -0.432 e. The molecule has 112 valence electrons. The number of hydrogen-bond acceptors (Lipinski definition) is 4. The number of nitrogens with one attached hydrogen (secondary N) is 2. The molecule has 0 aliphatic carbocycles. The van der Waals surface area contributed by atoms with Gasteiger partial charge in [0.25, 0.3) is 5.91 Å². The van der Waals surface area contributed by atoms with Gasteiger partial charge in [-0.3, -0.25) is 9.89 Å². The van der Waals surface area contributed by atoms with Crippen molar-refractivity contribution in [2.45, 2.75) is 6.61 Å². The zero-order chi connectivity index (χ0) is 15.6. The number of aromatic amines is 1. The Hall–Kier alpha value is -2.06. The number of rotatable bonds is 4. The van der Waals surface area contributed by atoms with Crippen molar-refractivity contribution >= 4 is 40.6 Å². The second-order valence-corrected chi connectivity index (χ2v) is 4.62. The average Bonchev–Trinajstić information content (AvgIpc) is 2.80. The van der Waals surface area contributed by atoms with E-state index in [1.54, 1.807) is 0 Å². The first-order chi connectivity index (χ1) is 9.86. The van der Waals surface area contributed by atoms with Crippen LogP contribution in [0.15, 0.2) is 18.2 Å². The van der Waals surface area contributed by atoms with Crippen molar-refractivity contribution in [1.82, 2.24) is 10.2 Å². The number of H-pyrrole nitrogens is 1. The predicted octanol–water partition coefficient (Wildman–Crippen LogP) is 3.15. The lowest BCUT2D eigenvalue weighted by Crippen LogP contribution is -2.12. The van der Waals surface area contributed by atoms with Crippen LogP contribution in [-0.2, 0) is 0 Å². The van der Waals surface area contributed by atoms with E-state index in [1.165, 1.54) is 18.2 Å². The minimum atomic E-state index is -3.06. The maximum atomic E-state index is 12.2. The minimum absolute atomic E-state index is 0.118. The lowest BCUT2D eigenvalue weighted by molar-refractivity contribution is -0.0497. The molecule has 1 aromatic carbocycles. The summed E-state index contributed by atoms with van der Waals surface area (Å²) in [6.07, 6.45) is 0. The Morgan fingerprint density at radius 2 is 1.95 bits per heavy atom. The SMILES string of the molecule is Nc1cc(C(=O)Nc2cc(Cl)c(OC(F)F)c(Cl)c2)[nH]n1. The highest BCUT2D eigenvalue weighted by molar-refractivity contribution is 6.37. The zero-order valence-corrected chi connectivity index (χ0v) is 11.7. The molecule has 0 fully saturated rings. The van der Waals surface area contributed by atoms with Gasteiger partial charge in [0.15, 0.2) is 5.75 Å². The standard InChI is InChI=1S/C11H8Cl2F2N4O2/c12-5-1-4(2-6(13)9(5)21-11(14)15)17-10(20)7-3-8(16)19-18-7/h1-3,11H,(H,17,20)(H3,16,18,19). The Labute approximate surface area is 127 Å². The normalized spacial score (nSPS) is 10.7. The van der Waals surface area contributed by atoms with Gasteiger partial charge in [-0.05, 0) is 12.1 Å². The topological polar surface area (TPSA) is 93.0 Å². The van der Waals surface area contributed by atoms with E-state index in [2.05, 4.69) is 20.3 Å². The van der Waals surface area contributed by atoms with E-state index in [0.29, 0.717) is 0 Å². The van der Waals surface area contributed by atoms with Gasteiger partial charge in [-0.2, -0.15) is 13.9 Å². The van der Waals surface area contributed by atoms with Crippen LogP contribution in [-0.4, -0.2) is 22.7 Å². The molecule has 2 aromatic rings. The highest BCUT2D eigenvalue weighted by Crippen LogP contribution is 2.37. The third-order valence-electron chi connectivity index (χ3n) is 2.31. The van der Waals surface area contributed by atoms with Crippen molar-refractivity contribution in [2.75, 3.05) is 11.1 Å². The van der Waals surface area contributed by atoms with Gasteiger partial charge in [-0.15, -0.1) is 0 Å². The van der Waals surface area contributed by atoms with Crippen LogP contribution in [0.4, 0.5) is 20.3 Å². The van der Waals surface area contributed by atoms with Crippen LogP contribution in [0.25, 0.3) is 0 Å². The van der Waals surface area contributed by atoms with Crippen molar-refractivity contribution in [3.8, 4) is 5.75 Å². The van der Waals surface area contributed by atoms with Crippen LogP contribution in [0.1, 0.15) is 10.5 Å². The van der Waals surface area contributed by atoms with Crippen LogP contribution in [0.2, 0.25) is 10.0 Å². The van der Waals surface area contributed by atoms with Crippen molar-refractivity contribution in [3.05, 3.63) is 33.9 Å². The number of carbonyl (C=O) groups is 1. The molecule has 1 heterocycles. The number of nitrogens with two attached hydrogens (primary N) is 1. The lowest BCUT2D eigenvalue weighted by atomic mass is 10.3. The number of ether oxygens (including phenoxy) is 1. The molecule has 4 N–H and O–H groups in total. The number of alkyl halides is 2. The summed E-state index contributed by atoms with van der Waals surface area (Å²) in [6.45, 7) is -3.06. The zero-order valence-electron chi connectivity index (χ0n) is 10.2. The van der Waals surface area contributed by atoms with Gasteiger partial charge in [0, 0.05) is 11.8 Å². The number of anilines is 2. The molecule has 0 unspecified atom stereocenters. The van der Waals surface area contributed by atoms with Gasteiger partial charge in [0.2, 0.25) is 0 Å². The number of nitrogens with zero attached hydrogens (tertiary/aromatic N) is 1. The second kappa shape index (κ2) is 6.15. The molecular formula is C11H8Cl2F2N4O2. The number of hydrogen-bond donors (Lipinski definition) is 3. The molecule has 21 heavy (non-hydrogen) atoms. The monoisotopic (exact) mass is 336 g/mol. The predicted molar refractivity (Wildman–Crippen MR) is 74.0 cm³/mol. The van der Waals surface area contributed by atoms with Crippen LogP contribution in [0.3, 0.4) is 0 Å². The van der Waals surface area contributed by atoms with E-state index in [1.807, 2.05) is 0 Å². The fraction of sp³-hybridized carbons (Fsp3) is 0.0909.